The third-order valence-electron chi connectivity index (χ3n) is 4.01. The molecule has 0 amide bonds. The molecule has 2 heterocycles. The fourth-order valence-electron chi connectivity index (χ4n) is 2.82. The highest BCUT2D eigenvalue weighted by molar-refractivity contribution is 8.39. The Hall–Kier alpha value is -0.770. The summed E-state index contributed by atoms with van der Waals surface area (Å²) >= 11 is 3.60. The number of nitrogens with one attached hydrogen (secondary N) is 1. The van der Waals surface area contributed by atoms with Crippen LogP contribution in [0.5, 0.6) is 0 Å². The molecule has 31 heavy (non-hydrogen) atoms. The lowest BCUT2D eigenvalue weighted by Crippen LogP contribution is -2.51. The molecule has 16 nitrogen and oxygen atoms in total. The minimum Gasteiger partial charge on any atom is -0.374 e. The van der Waals surface area contributed by atoms with Gasteiger partial charge in [-0.2, -0.15) is 0 Å². The maximum atomic E-state index is 12.2. The number of methoxy groups -OCH3 is 1. The number of thiol groups is 1. The molecule has 0 spiro atoms. The Morgan fingerprint density at radius 2 is 1.77 bits per heavy atom. The summed E-state index contributed by atoms with van der Waals surface area (Å²) in [5.41, 5.74) is -4.01. The van der Waals surface area contributed by atoms with E-state index in [1.54, 1.807) is 0 Å². The molecular weight excluding hydrogens is 509 g/mol. The van der Waals surface area contributed by atoms with Gasteiger partial charge < -0.3 is 29.0 Å². The van der Waals surface area contributed by atoms with E-state index in [4.69, 9.17) is 33.6 Å². The van der Waals surface area contributed by atoms with Crippen LogP contribution in [0.15, 0.2) is 21.9 Å². The lowest BCUT2D eigenvalue weighted by molar-refractivity contribution is -0.142. The van der Waals surface area contributed by atoms with E-state index in [0.717, 1.165) is 23.9 Å². The van der Waals surface area contributed by atoms with Crippen molar-refractivity contribution >= 4 is 35.1 Å². The molecule has 1 saturated heterocycles. The van der Waals surface area contributed by atoms with E-state index in [0.29, 0.717) is 0 Å². The molecule has 176 valence electrons. The number of aromatic amines is 1. The standard InChI is InChI=1S/C11H17N2O14P3S/c1-23-7-8(27-28(16)31)11(4-24-29(17,18)19,5-25-30(20,21)22)26-9(7)13-3-2-6(14)12-10(13)15/h2-3,7-9H,4-5H2,1H3,(H5-,12,14,15,16,17,18,19,20,21,22,31)/p+1/t7-,8?,9+/m0/s1. The monoisotopic (exact) mass is 527 g/mol. The van der Waals surface area contributed by atoms with Crippen LogP contribution in [-0.2, 0) is 36.7 Å². The van der Waals surface area contributed by atoms with Crippen LogP contribution in [0.2, 0.25) is 0 Å². The van der Waals surface area contributed by atoms with E-state index in [-0.39, 0.29) is 0 Å². The van der Waals surface area contributed by atoms with Crippen molar-refractivity contribution in [1.82, 2.24) is 9.55 Å². The van der Waals surface area contributed by atoms with E-state index >= 15 is 0 Å². The van der Waals surface area contributed by atoms with Crippen LogP contribution < -0.4 is 11.2 Å². The van der Waals surface area contributed by atoms with Crippen molar-refractivity contribution in [2.75, 3.05) is 20.3 Å². The average Bonchev–Trinajstić information content (AvgIpc) is 2.90. The summed E-state index contributed by atoms with van der Waals surface area (Å²) in [7, 11) is -11.9. The Morgan fingerprint density at radius 3 is 2.19 bits per heavy atom. The van der Waals surface area contributed by atoms with Gasteiger partial charge in [-0.15, -0.1) is 4.52 Å². The average molecular weight is 527 g/mol. The molecule has 1 aromatic heterocycles. The summed E-state index contributed by atoms with van der Waals surface area (Å²) < 4.78 is 59.8. The number of H-pyrrole nitrogens is 1. The largest absolute Gasteiger partial charge is 0.582 e. The maximum Gasteiger partial charge on any atom is 0.582 e. The molecule has 1 fully saturated rings. The Morgan fingerprint density at radius 1 is 1.23 bits per heavy atom. The third-order valence-corrected chi connectivity index (χ3v) is 5.63. The van der Waals surface area contributed by atoms with Crippen LogP contribution in [0.1, 0.15) is 6.23 Å². The zero-order chi connectivity index (χ0) is 23.6. The molecule has 2 unspecified atom stereocenters. The summed E-state index contributed by atoms with van der Waals surface area (Å²) in [6, 6.07) is 0.949. The molecule has 4 atom stereocenters. The Kier molecular flexibility index (Phi) is 8.55. The van der Waals surface area contributed by atoms with Crippen molar-refractivity contribution in [3.05, 3.63) is 33.1 Å². The molecule has 2 rings (SSSR count). The number of rotatable bonds is 10. The van der Waals surface area contributed by atoms with Gasteiger partial charge in [0.05, 0.1) is 13.2 Å². The smallest absolute Gasteiger partial charge is 0.374 e. The van der Waals surface area contributed by atoms with Crippen LogP contribution >= 0.6 is 35.1 Å². The molecule has 1 aromatic rings. The predicted octanol–water partition coefficient (Wildman–Crippen LogP) is -0.990. The summed E-state index contributed by atoms with van der Waals surface area (Å²) in [6.07, 6.45) is -3.53. The minimum absolute atomic E-state index is 0.750. The number of ether oxygens (including phenoxy) is 2. The quantitative estimate of drug-likeness (QED) is 0.158. The van der Waals surface area contributed by atoms with Crippen LogP contribution in [0.4, 0.5) is 0 Å². The van der Waals surface area contributed by atoms with Crippen molar-refractivity contribution in [2.24, 2.45) is 0 Å². The van der Waals surface area contributed by atoms with Gasteiger partial charge in [0, 0.05) is 19.4 Å². The number of phosphoric ester groups is 2. The van der Waals surface area contributed by atoms with Crippen molar-refractivity contribution in [1.29, 1.82) is 0 Å². The highest BCUT2D eigenvalue weighted by Gasteiger charge is 2.62. The zero-order valence-electron chi connectivity index (χ0n) is 15.4. The van der Waals surface area contributed by atoms with Gasteiger partial charge in [-0.1, -0.05) is 0 Å². The summed E-state index contributed by atoms with van der Waals surface area (Å²) in [5.74, 6) is 0. The normalized spacial score (nSPS) is 24.3. The number of hydrogen-bond donors (Lipinski definition) is 6. The van der Waals surface area contributed by atoms with Crippen LogP contribution in [0.3, 0.4) is 0 Å². The minimum atomic E-state index is -5.16. The second-order valence-corrected chi connectivity index (χ2v) is 10.2. The van der Waals surface area contributed by atoms with Crippen molar-refractivity contribution in [2.45, 2.75) is 24.0 Å². The molecule has 0 saturated carbocycles. The first-order valence-corrected chi connectivity index (χ1v) is 13.3. The van der Waals surface area contributed by atoms with Gasteiger partial charge in [0.1, 0.15) is 18.4 Å². The first-order valence-electron chi connectivity index (χ1n) is 7.92. The van der Waals surface area contributed by atoms with Gasteiger partial charge in [-0.3, -0.25) is 23.4 Å². The number of hydrogen-bond acceptors (Lipinski definition) is 10. The van der Waals surface area contributed by atoms with E-state index < -0.39 is 71.4 Å². The highest BCUT2D eigenvalue weighted by Crippen LogP contribution is 2.49. The Bertz CT molecular complexity index is 989. The Balaban J connectivity index is 2.60. The number of phosphoric acid groups is 2. The summed E-state index contributed by atoms with van der Waals surface area (Å²) in [5, 5.41) is 0. The Labute approximate surface area is 178 Å². The second kappa shape index (κ2) is 10.0. The maximum absolute atomic E-state index is 12.2. The molecule has 0 bridgehead atoms. The zero-order valence-corrected chi connectivity index (χ0v) is 19.0. The number of nitrogens with zero attached hydrogens (tertiary/aromatic N) is 1. The van der Waals surface area contributed by atoms with Crippen molar-refractivity contribution in [3.63, 3.8) is 0 Å². The summed E-state index contributed by atoms with van der Waals surface area (Å²) in [6.45, 7) is -2.21. The molecular formula is C11H18N2O14P3S+. The van der Waals surface area contributed by atoms with E-state index in [9.17, 15) is 23.3 Å². The van der Waals surface area contributed by atoms with Gasteiger partial charge in [0.15, 0.2) is 17.9 Å². The summed E-state index contributed by atoms with van der Waals surface area (Å²) in [4.78, 5) is 61.8. The van der Waals surface area contributed by atoms with Gasteiger partial charge in [-0.05, 0) is 4.57 Å². The fraction of sp³-hybridized carbons (Fsp3) is 0.636. The van der Waals surface area contributed by atoms with E-state index in [1.165, 1.54) is 0 Å². The first kappa shape index (κ1) is 26.5. The lowest BCUT2D eigenvalue weighted by Gasteiger charge is -2.31. The molecule has 1 aliphatic heterocycles. The third kappa shape index (κ3) is 7.11. The lowest BCUT2D eigenvalue weighted by atomic mass is 9.97. The first-order chi connectivity index (χ1) is 14.2. The van der Waals surface area contributed by atoms with Gasteiger partial charge in [0.25, 0.3) is 5.56 Å². The van der Waals surface area contributed by atoms with E-state index in [2.05, 4.69) is 21.3 Å². The SMILES string of the molecule is CO[C@H]1C(O[P+](=O)S)C(COP(=O)(O)O)(COP(=O)(O)O)O[C@H]1n1ccc(=O)[nH]c1=O. The van der Waals surface area contributed by atoms with Gasteiger partial charge >= 0.3 is 28.6 Å². The van der Waals surface area contributed by atoms with Crippen LogP contribution in [0.25, 0.3) is 0 Å². The van der Waals surface area contributed by atoms with Crippen molar-refractivity contribution in [3.8, 4) is 0 Å². The highest BCUT2D eigenvalue weighted by atomic mass is 32.7. The van der Waals surface area contributed by atoms with Gasteiger partial charge in [-0.25, -0.2) is 13.9 Å². The molecule has 0 aliphatic carbocycles. The van der Waals surface area contributed by atoms with Gasteiger partial charge in [0.2, 0.25) is 0 Å². The topological polar surface area (TPSA) is 233 Å². The molecule has 5 N–H and O–H groups in total. The molecule has 1 aliphatic rings. The predicted molar refractivity (Wildman–Crippen MR) is 102 cm³/mol. The molecule has 0 radical (unpaired) electrons. The second-order valence-electron chi connectivity index (χ2n) is 6.08. The van der Waals surface area contributed by atoms with Crippen LogP contribution in [-0.4, -0.2) is 67.3 Å². The number of aromatic nitrogens is 2. The van der Waals surface area contributed by atoms with Crippen molar-refractivity contribution < 1.29 is 56.3 Å². The van der Waals surface area contributed by atoms with Crippen LogP contribution in [0, 0.1) is 0 Å². The van der Waals surface area contributed by atoms with E-state index in [1.807, 2.05) is 4.98 Å². The fourth-order valence-corrected chi connectivity index (χ4v) is 4.40. The molecule has 0 aromatic carbocycles. The molecule has 20 heteroatoms.